The normalized spacial score (nSPS) is 12.6. The first kappa shape index (κ1) is 17.7. The number of carbonyl (C=O) groups is 1. The van der Waals surface area contributed by atoms with Crippen molar-refractivity contribution in [2.24, 2.45) is 11.0 Å². The summed E-state index contributed by atoms with van der Waals surface area (Å²) in [6.45, 7) is 3.75. The van der Waals surface area contributed by atoms with Crippen LogP contribution in [-0.2, 0) is 16.0 Å². The summed E-state index contributed by atoms with van der Waals surface area (Å²) in [6.07, 6.45) is 0.401. The summed E-state index contributed by atoms with van der Waals surface area (Å²) in [7, 11) is 1.35. The van der Waals surface area contributed by atoms with Gasteiger partial charge < -0.3 is 4.74 Å². The summed E-state index contributed by atoms with van der Waals surface area (Å²) in [5.74, 6) is -1.20. The van der Waals surface area contributed by atoms with Crippen molar-refractivity contribution in [3.63, 3.8) is 0 Å². The maximum Gasteiger partial charge on any atom is 0.314 e. The van der Waals surface area contributed by atoms with Gasteiger partial charge in [0, 0.05) is 5.71 Å². The number of nitrogens with one attached hydrogen (secondary N) is 1. The first-order chi connectivity index (χ1) is 11.5. The molecular formula is C19H21FN2O2. The number of rotatable bonds is 6. The smallest absolute Gasteiger partial charge is 0.314 e. The fourth-order valence-corrected chi connectivity index (χ4v) is 2.32. The Hall–Kier alpha value is -2.69. The average molecular weight is 328 g/mol. The van der Waals surface area contributed by atoms with E-state index >= 15 is 0 Å². The van der Waals surface area contributed by atoms with Crippen molar-refractivity contribution in [2.75, 3.05) is 12.5 Å². The van der Waals surface area contributed by atoms with Gasteiger partial charge in [0.1, 0.15) is 11.7 Å². The Morgan fingerprint density at radius 3 is 2.50 bits per heavy atom. The lowest BCUT2D eigenvalue weighted by Crippen LogP contribution is -2.26. The molecule has 1 unspecified atom stereocenters. The summed E-state index contributed by atoms with van der Waals surface area (Å²) in [6, 6.07) is 13.8. The highest BCUT2D eigenvalue weighted by Gasteiger charge is 2.23. The molecule has 24 heavy (non-hydrogen) atoms. The third-order valence-corrected chi connectivity index (χ3v) is 3.84. The molecule has 5 heteroatoms. The van der Waals surface area contributed by atoms with E-state index in [1.807, 2.05) is 31.2 Å². The van der Waals surface area contributed by atoms with Crippen molar-refractivity contribution in [2.45, 2.75) is 20.3 Å². The number of hydrogen-bond donors (Lipinski definition) is 1. The molecule has 2 aromatic rings. The van der Waals surface area contributed by atoms with Crippen LogP contribution in [0.5, 0.6) is 0 Å². The van der Waals surface area contributed by atoms with E-state index in [-0.39, 0.29) is 11.8 Å². The quantitative estimate of drug-likeness (QED) is 0.496. The van der Waals surface area contributed by atoms with E-state index in [9.17, 15) is 9.18 Å². The van der Waals surface area contributed by atoms with Gasteiger partial charge in [0.15, 0.2) is 0 Å². The van der Waals surface area contributed by atoms with Crippen LogP contribution < -0.4 is 5.43 Å². The van der Waals surface area contributed by atoms with E-state index in [2.05, 4.69) is 10.5 Å². The van der Waals surface area contributed by atoms with Crippen LogP contribution in [0.3, 0.4) is 0 Å². The van der Waals surface area contributed by atoms with E-state index in [4.69, 9.17) is 4.74 Å². The Morgan fingerprint density at radius 2 is 1.88 bits per heavy atom. The van der Waals surface area contributed by atoms with Crippen LogP contribution in [0.4, 0.5) is 10.1 Å². The number of esters is 1. The number of hydrazone groups is 1. The van der Waals surface area contributed by atoms with Crippen LogP contribution in [0.2, 0.25) is 0 Å². The van der Waals surface area contributed by atoms with E-state index in [1.54, 1.807) is 19.1 Å². The summed E-state index contributed by atoms with van der Waals surface area (Å²) in [4.78, 5) is 12.1. The Balaban J connectivity index is 2.17. The largest absolute Gasteiger partial charge is 0.469 e. The van der Waals surface area contributed by atoms with Crippen LogP contribution in [0.25, 0.3) is 0 Å². The van der Waals surface area contributed by atoms with E-state index in [1.165, 1.54) is 19.2 Å². The number of para-hydroxylation sites is 1. The predicted molar refractivity (Wildman–Crippen MR) is 93.5 cm³/mol. The van der Waals surface area contributed by atoms with Crippen molar-refractivity contribution >= 4 is 17.4 Å². The molecule has 126 valence electrons. The van der Waals surface area contributed by atoms with Crippen molar-refractivity contribution in [1.82, 2.24) is 0 Å². The maximum absolute atomic E-state index is 13.0. The topological polar surface area (TPSA) is 50.7 Å². The first-order valence-corrected chi connectivity index (χ1v) is 7.69. The number of ether oxygens (including phenoxy) is 1. The van der Waals surface area contributed by atoms with Crippen LogP contribution in [0.1, 0.15) is 18.1 Å². The van der Waals surface area contributed by atoms with Gasteiger partial charge in [-0.2, -0.15) is 5.10 Å². The van der Waals surface area contributed by atoms with Crippen molar-refractivity contribution < 1.29 is 13.9 Å². The monoisotopic (exact) mass is 328 g/mol. The zero-order valence-corrected chi connectivity index (χ0v) is 14.0. The lowest BCUT2D eigenvalue weighted by molar-refractivity contribution is -0.143. The van der Waals surface area contributed by atoms with Gasteiger partial charge in [0.25, 0.3) is 0 Å². The zero-order chi connectivity index (χ0) is 17.5. The number of hydrogen-bond acceptors (Lipinski definition) is 4. The first-order valence-electron chi connectivity index (χ1n) is 7.69. The SMILES string of the molecule is COC(=O)C(Cc1ccc(F)cc1)/C(C)=N/Nc1ccccc1C. The molecule has 2 aromatic carbocycles. The molecule has 1 atom stereocenters. The van der Waals surface area contributed by atoms with Crippen LogP contribution >= 0.6 is 0 Å². The minimum atomic E-state index is -0.531. The molecule has 0 aromatic heterocycles. The highest BCUT2D eigenvalue weighted by Crippen LogP contribution is 2.16. The molecule has 1 N–H and O–H groups in total. The second-order valence-electron chi connectivity index (χ2n) is 5.59. The number of methoxy groups -OCH3 is 1. The molecule has 0 bridgehead atoms. The number of nitrogens with zero attached hydrogens (tertiary/aromatic N) is 1. The Kier molecular flexibility index (Phi) is 6.07. The molecule has 2 rings (SSSR count). The maximum atomic E-state index is 13.0. The van der Waals surface area contributed by atoms with Gasteiger partial charge in [-0.1, -0.05) is 30.3 Å². The Morgan fingerprint density at radius 1 is 1.21 bits per heavy atom. The van der Waals surface area contributed by atoms with Gasteiger partial charge in [-0.15, -0.1) is 0 Å². The Bertz CT molecular complexity index is 726. The van der Waals surface area contributed by atoms with Crippen LogP contribution in [0.15, 0.2) is 53.6 Å². The van der Waals surface area contributed by atoms with Gasteiger partial charge in [-0.25, -0.2) is 4.39 Å². The highest BCUT2D eigenvalue weighted by molar-refractivity contribution is 6.01. The Labute approximate surface area is 141 Å². The van der Waals surface area contributed by atoms with Gasteiger partial charge in [0.05, 0.1) is 12.8 Å². The molecule has 0 aliphatic heterocycles. The summed E-state index contributed by atoms with van der Waals surface area (Å²) in [5.41, 5.74) is 6.37. The molecule has 0 saturated heterocycles. The number of benzene rings is 2. The standard InChI is InChI=1S/C19H21FN2O2/c1-13-6-4-5-7-18(13)22-21-14(2)17(19(23)24-3)12-15-8-10-16(20)11-9-15/h4-11,17,22H,12H2,1-3H3/b21-14+. The fourth-order valence-electron chi connectivity index (χ4n) is 2.32. The number of carbonyl (C=O) groups excluding carboxylic acids is 1. The van der Waals surface area contributed by atoms with Crippen molar-refractivity contribution in [3.05, 3.63) is 65.5 Å². The molecule has 0 aliphatic carbocycles. The second-order valence-corrected chi connectivity index (χ2v) is 5.59. The fraction of sp³-hybridized carbons (Fsp3) is 0.263. The van der Waals surface area contributed by atoms with Gasteiger partial charge in [-0.05, 0) is 49.6 Å². The molecule has 0 aliphatic rings. The van der Waals surface area contributed by atoms with Crippen LogP contribution in [-0.4, -0.2) is 18.8 Å². The summed E-state index contributed by atoms with van der Waals surface area (Å²) in [5, 5.41) is 4.33. The van der Waals surface area contributed by atoms with Crippen molar-refractivity contribution in [1.29, 1.82) is 0 Å². The lowest BCUT2D eigenvalue weighted by Gasteiger charge is -2.15. The molecule has 0 heterocycles. The zero-order valence-electron chi connectivity index (χ0n) is 14.0. The highest BCUT2D eigenvalue weighted by atomic mass is 19.1. The van der Waals surface area contributed by atoms with Gasteiger partial charge in [-0.3, -0.25) is 10.2 Å². The van der Waals surface area contributed by atoms with Gasteiger partial charge in [0.2, 0.25) is 0 Å². The summed E-state index contributed by atoms with van der Waals surface area (Å²) < 4.78 is 17.9. The minimum Gasteiger partial charge on any atom is -0.469 e. The third-order valence-electron chi connectivity index (χ3n) is 3.84. The van der Waals surface area contributed by atoms with E-state index < -0.39 is 5.92 Å². The number of anilines is 1. The number of halogens is 1. The molecule has 0 fully saturated rings. The number of aryl methyl sites for hydroxylation is 1. The molecular weight excluding hydrogens is 307 g/mol. The van der Waals surface area contributed by atoms with E-state index in [0.29, 0.717) is 12.1 Å². The summed E-state index contributed by atoms with van der Waals surface area (Å²) >= 11 is 0. The third kappa shape index (κ3) is 4.65. The predicted octanol–water partition coefficient (Wildman–Crippen LogP) is 3.95. The molecule has 0 radical (unpaired) electrons. The molecule has 0 amide bonds. The molecule has 4 nitrogen and oxygen atoms in total. The van der Waals surface area contributed by atoms with Gasteiger partial charge >= 0.3 is 5.97 Å². The minimum absolute atomic E-state index is 0.306. The van der Waals surface area contributed by atoms with Crippen molar-refractivity contribution in [3.8, 4) is 0 Å². The second kappa shape index (κ2) is 8.24. The molecule has 0 saturated carbocycles. The van der Waals surface area contributed by atoms with Crippen LogP contribution in [0, 0.1) is 18.7 Å². The van der Waals surface area contributed by atoms with E-state index in [0.717, 1.165) is 16.8 Å². The lowest BCUT2D eigenvalue weighted by atomic mass is 9.95. The molecule has 0 spiro atoms. The average Bonchev–Trinajstić information content (AvgIpc) is 2.59.